The summed E-state index contributed by atoms with van der Waals surface area (Å²) in [5.74, 6) is 0.618. The van der Waals surface area contributed by atoms with E-state index in [1.807, 2.05) is 63.4 Å². The molecule has 0 N–H and O–H groups in total. The van der Waals surface area contributed by atoms with Crippen LogP contribution in [0.25, 0.3) is 16.6 Å². The molecule has 0 atom stereocenters. The van der Waals surface area contributed by atoms with Crippen LogP contribution < -0.4 is 5.56 Å². The maximum absolute atomic E-state index is 13.3. The van der Waals surface area contributed by atoms with E-state index >= 15 is 0 Å². The zero-order valence-corrected chi connectivity index (χ0v) is 19.0. The summed E-state index contributed by atoms with van der Waals surface area (Å²) in [7, 11) is 0. The van der Waals surface area contributed by atoms with Crippen molar-refractivity contribution in [2.24, 2.45) is 5.10 Å². The molecule has 0 amide bonds. The molecule has 5 nitrogen and oxygen atoms in total. The summed E-state index contributed by atoms with van der Waals surface area (Å²) < 4.78 is 4.32. The van der Waals surface area contributed by atoms with Gasteiger partial charge in [-0.1, -0.05) is 54.9 Å². The van der Waals surface area contributed by atoms with Gasteiger partial charge in [-0.2, -0.15) is 9.78 Å². The third kappa shape index (κ3) is 3.75. The van der Waals surface area contributed by atoms with E-state index in [9.17, 15) is 4.79 Å². The van der Waals surface area contributed by atoms with Crippen molar-refractivity contribution < 1.29 is 0 Å². The first kappa shape index (κ1) is 20.3. The first-order valence-corrected chi connectivity index (χ1v) is 10.6. The van der Waals surface area contributed by atoms with Crippen molar-refractivity contribution in [1.29, 1.82) is 0 Å². The molecule has 0 saturated heterocycles. The molecule has 6 heteroatoms. The predicted molar refractivity (Wildman–Crippen MR) is 126 cm³/mol. The molecule has 0 aliphatic heterocycles. The van der Waals surface area contributed by atoms with Crippen molar-refractivity contribution in [2.75, 3.05) is 0 Å². The van der Waals surface area contributed by atoms with E-state index in [0.717, 1.165) is 21.4 Å². The highest BCUT2D eigenvalue weighted by atomic mass is 79.9. The van der Waals surface area contributed by atoms with Crippen LogP contribution in [-0.2, 0) is 5.41 Å². The lowest BCUT2D eigenvalue weighted by Gasteiger charge is -2.21. The maximum atomic E-state index is 13.3. The number of halogens is 1. The quantitative estimate of drug-likeness (QED) is 0.380. The van der Waals surface area contributed by atoms with E-state index in [2.05, 4.69) is 44.7 Å². The Morgan fingerprint density at radius 3 is 2.57 bits per heavy atom. The van der Waals surface area contributed by atoms with Crippen LogP contribution >= 0.6 is 15.9 Å². The van der Waals surface area contributed by atoms with Crippen molar-refractivity contribution in [1.82, 2.24) is 14.2 Å². The highest BCUT2D eigenvalue weighted by Crippen LogP contribution is 2.23. The fourth-order valence-corrected chi connectivity index (χ4v) is 3.77. The summed E-state index contributed by atoms with van der Waals surface area (Å²) in [6, 6.07) is 17.6. The third-order valence-corrected chi connectivity index (χ3v) is 5.43. The zero-order valence-electron chi connectivity index (χ0n) is 17.4. The summed E-state index contributed by atoms with van der Waals surface area (Å²) in [4.78, 5) is 18.1. The van der Waals surface area contributed by atoms with Crippen molar-refractivity contribution in [2.45, 2.75) is 33.1 Å². The highest BCUT2D eigenvalue weighted by Gasteiger charge is 2.23. The number of hydrogen-bond acceptors (Lipinski definition) is 3. The third-order valence-electron chi connectivity index (χ3n) is 4.94. The van der Waals surface area contributed by atoms with Crippen molar-refractivity contribution in [3.05, 3.63) is 92.7 Å². The summed E-state index contributed by atoms with van der Waals surface area (Å²) in [5.41, 5.74) is 3.25. The largest absolute Gasteiger partial charge is 0.315 e. The molecule has 30 heavy (non-hydrogen) atoms. The van der Waals surface area contributed by atoms with E-state index in [1.165, 1.54) is 4.68 Å². The standard InChI is InChI=1S/C24H23BrN4O/c1-16-8-5-6-10-21(16)28-13-7-9-18(28)15-26-29-22(30)19-14-17(25)11-12-20(19)27-23(29)24(2,3)4/h5-15H,1-4H3. The van der Waals surface area contributed by atoms with Crippen LogP contribution in [0.5, 0.6) is 0 Å². The Hall–Kier alpha value is -2.99. The van der Waals surface area contributed by atoms with Crippen LogP contribution in [0.1, 0.15) is 37.9 Å². The van der Waals surface area contributed by atoms with Crippen LogP contribution in [0.3, 0.4) is 0 Å². The van der Waals surface area contributed by atoms with Crippen LogP contribution in [0.4, 0.5) is 0 Å². The van der Waals surface area contributed by atoms with Crippen LogP contribution in [0.2, 0.25) is 0 Å². The molecule has 152 valence electrons. The second kappa shape index (κ2) is 7.69. The van der Waals surface area contributed by atoms with Gasteiger partial charge >= 0.3 is 0 Å². The van der Waals surface area contributed by atoms with E-state index in [1.54, 1.807) is 12.3 Å². The molecule has 0 spiro atoms. The van der Waals surface area contributed by atoms with E-state index in [0.29, 0.717) is 16.7 Å². The van der Waals surface area contributed by atoms with Gasteiger partial charge in [0.15, 0.2) is 0 Å². The molecule has 0 radical (unpaired) electrons. The van der Waals surface area contributed by atoms with Crippen LogP contribution in [0.15, 0.2) is 75.2 Å². The number of para-hydroxylation sites is 1. The average Bonchev–Trinajstić information content (AvgIpc) is 3.15. The average molecular weight is 463 g/mol. The molecule has 2 aromatic carbocycles. The Morgan fingerprint density at radius 1 is 1.07 bits per heavy atom. The summed E-state index contributed by atoms with van der Waals surface area (Å²) in [5, 5.41) is 5.12. The van der Waals surface area contributed by atoms with Gasteiger partial charge in [-0.3, -0.25) is 4.79 Å². The lowest BCUT2D eigenvalue weighted by Crippen LogP contribution is -2.29. The minimum absolute atomic E-state index is 0.184. The van der Waals surface area contributed by atoms with E-state index < -0.39 is 0 Å². The molecule has 0 saturated carbocycles. The normalized spacial score (nSPS) is 12.2. The Labute approximate surface area is 183 Å². The Morgan fingerprint density at radius 2 is 1.83 bits per heavy atom. The molecular formula is C24H23BrN4O. The molecule has 0 aliphatic carbocycles. The fraction of sp³-hybridized carbons (Fsp3) is 0.208. The zero-order chi connectivity index (χ0) is 21.5. The molecule has 0 unspecified atom stereocenters. The Kier molecular flexibility index (Phi) is 5.20. The van der Waals surface area contributed by atoms with Crippen LogP contribution in [-0.4, -0.2) is 20.4 Å². The van der Waals surface area contributed by atoms with E-state index in [-0.39, 0.29) is 11.0 Å². The van der Waals surface area contributed by atoms with Gasteiger partial charge < -0.3 is 4.57 Å². The van der Waals surface area contributed by atoms with Gasteiger partial charge in [0.2, 0.25) is 0 Å². The first-order valence-electron chi connectivity index (χ1n) is 9.76. The fourth-order valence-electron chi connectivity index (χ4n) is 3.41. The SMILES string of the molecule is Cc1ccccc1-n1cccc1C=Nn1c(C(C)(C)C)nc2ccc(Br)cc2c1=O. The van der Waals surface area contributed by atoms with Gasteiger partial charge in [0.05, 0.1) is 22.8 Å². The minimum atomic E-state index is -0.351. The number of hydrogen-bond donors (Lipinski definition) is 0. The van der Waals surface area contributed by atoms with Gasteiger partial charge in [0.25, 0.3) is 5.56 Å². The number of aryl methyl sites for hydroxylation is 1. The molecule has 4 aromatic rings. The molecule has 4 rings (SSSR count). The summed E-state index contributed by atoms with van der Waals surface area (Å²) in [6.07, 6.45) is 3.71. The molecule has 0 fully saturated rings. The summed E-state index contributed by atoms with van der Waals surface area (Å²) >= 11 is 3.44. The highest BCUT2D eigenvalue weighted by molar-refractivity contribution is 9.10. The number of fused-ring (bicyclic) bond motifs is 1. The Balaban J connectivity index is 1.88. The first-order chi connectivity index (χ1) is 14.3. The van der Waals surface area contributed by atoms with Gasteiger partial charge in [0, 0.05) is 21.8 Å². The van der Waals surface area contributed by atoms with Crippen molar-refractivity contribution >= 4 is 33.0 Å². The van der Waals surface area contributed by atoms with Crippen molar-refractivity contribution in [3.8, 4) is 5.69 Å². The van der Waals surface area contributed by atoms with Gasteiger partial charge in [-0.05, 0) is 48.9 Å². The number of aromatic nitrogens is 3. The number of benzene rings is 2. The van der Waals surface area contributed by atoms with Crippen molar-refractivity contribution in [3.63, 3.8) is 0 Å². The molecule has 0 aliphatic rings. The van der Waals surface area contributed by atoms with Gasteiger partial charge in [-0.25, -0.2) is 4.98 Å². The maximum Gasteiger partial charge on any atom is 0.282 e. The molecule has 0 bridgehead atoms. The smallest absolute Gasteiger partial charge is 0.282 e. The minimum Gasteiger partial charge on any atom is -0.315 e. The predicted octanol–water partition coefficient (Wildman–Crippen LogP) is 5.44. The molecule has 2 aromatic heterocycles. The summed E-state index contributed by atoms with van der Waals surface area (Å²) in [6.45, 7) is 8.16. The number of nitrogens with zero attached hydrogens (tertiary/aromatic N) is 4. The second-order valence-corrected chi connectivity index (χ2v) is 9.21. The van der Waals surface area contributed by atoms with Gasteiger partial charge in [-0.15, -0.1) is 0 Å². The lowest BCUT2D eigenvalue weighted by atomic mass is 9.95. The molecule has 2 heterocycles. The van der Waals surface area contributed by atoms with Gasteiger partial charge in [0.1, 0.15) is 5.82 Å². The number of rotatable bonds is 3. The topological polar surface area (TPSA) is 52.2 Å². The Bertz CT molecular complexity index is 1330. The van der Waals surface area contributed by atoms with Crippen LogP contribution in [0, 0.1) is 6.92 Å². The lowest BCUT2D eigenvalue weighted by molar-refractivity contribution is 0.506. The van der Waals surface area contributed by atoms with E-state index in [4.69, 9.17) is 4.98 Å². The monoisotopic (exact) mass is 462 g/mol. The molecular weight excluding hydrogens is 440 g/mol. The second-order valence-electron chi connectivity index (χ2n) is 8.30.